The number of fused-ring (bicyclic) bond motifs is 1. The molecule has 2 rings (SSSR count). The van der Waals surface area contributed by atoms with Crippen LogP contribution >= 0.6 is 11.6 Å². The number of carbonyl (C=O) groups excluding carboxylic acids is 2. The average molecular weight is 306 g/mol. The number of esters is 1. The molecule has 0 heterocycles. The van der Waals surface area contributed by atoms with Gasteiger partial charge in [0.05, 0.1) is 13.5 Å². The highest BCUT2D eigenvalue weighted by Gasteiger charge is 2.16. The summed E-state index contributed by atoms with van der Waals surface area (Å²) in [6.07, 6.45) is 0.242. The van der Waals surface area contributed by atoms with Gasteiger partial charge in [0.2, 0.25) is 5.91 Å². The Labute approximate surface area is 128 Å². The van der Waals surface area contributed by atoms with Crippen LogP contribution in [0.25, 0.3) is 10.8 Å². The molecule has 1 amide bonds. The SMILES string of the molecule is COC(=O)C(Cl)CNC(=O)Cc1cccc2ccccc12. The minimum absolute atomic E-state index is 0.0534. The Bertz CT molecular complexity index is 652. The van der Waals surface area contributed by atoms with Crippen molar-refractivity contribution in [1.82, 2.24) is 5.32 Å². The lowest BCUT2D eigenvalue weighted by Gasteiger charge is -2.10. The number of hydrogen-bond donors (Lipinski definition) is 1. The lowest BCUT2D eigenvalue weighted by Crippen LogP contribution is -2.35. The molecule has 4 nitrogen and oxygen atoms in total. The molecule has 1 unspecified atom stereocenters. The molecule has 0 spiro atoms. The number of rotatable bonds is 5. The van der Waals surface area contributed by atoms with Crippen molar-refractivity contribution >= 4 is 34.2 Å². The topological polar surface area (TPSA) is 55.4 Å². The Kier molecular flexibility index (Phi) is 5.17. The molecule has 0 aliphatic carbocycles. The third-order valence-corrected chi connectivity index (χ3v) is 3.50. The van der Waals surface area contributed by atoms with Crippen LogP contribution < -0.4 is 5.32 Å². The minimum atomic E-state index is -0.869. The number of carbonyl (C=O) groups is 2. The first kappa shape index (κ1) is 15.3. The molecule has 0 aromatic heterocycles. The summed E-state index contributed by atoms with van der Waals surface area (Å²) in [5.41, 5.74) is 0.940. The van der Waals surface area contributed by atoms with Gasteiger partial charge in [-0.05, 0) is 16.3 Å². The molecule has 2 aromatic rings. The number of halogens is 1. The van der Waals surface area contributed by atoms with E-state index >= 15 is 0 Å². The van der Waals surface area contributed by atoms with Gasteiger partial charge in [0.1, 0.15) is 5.38 Å². The maximum absolute atomic E-state index is 11.9. The number of amides is 1. The van der Waals surface area contributed by atoms with Crippen molar-refractivity contribution in [1.29, 1.82) is 0 Å². The zero-order valence-electron chi connectivity index (χ0n) is 11.6. The molecule has 0 fully saturated rings. The highest BCUT2D eigenvalue weighted by Crippen LogP contribution is 2.18. The van der Waals surface area contributed by atoms with Gasteiger partial charge in [-0.2, -0.15) is 0 Å². The molecular formula is C16H16ClNO3. The zero-order valence-corrected chi connectivity index (χ0v) is 12.4. The van der Waals surface area contributed by atoms with Gasteiger partial charge in [-0.3, -0.25) is 9.59 Å². The summed E-state index contributed by atoms with van der Waals surface area (Å²) in [6.45, 7) is 0.0534. The van der Waals surface area contributed by atoms with Gasteiger partial charge in [-0.25, -0.2) is 0 Å². The fourth-order valence-electron chi connectivity index (χ4n) is 2.10. The van der Waals surface area contributed by atoms with Crippen LogP contribution in [0.15, 0.2) is 42.5 Å². The van der Waals surface area contributed by atoms with E-state index in [9.17, 15) is 9.59 Å². The van der Waals surface area contributed by atoms with Crippen LogP contribution in [0.2, 0.25) is 0 Å². The molecule has 0 aliphatic rings. The summed E-state index contributed by atoms with van der Waals surface area (Å²) >= 11 is 5.78. The van der Waals surface area contributed by atoms with Gasteiger partial charge in [0, 0.05) is 6.54 Å². The van der Waals surface area contributed by atoms with Crippen molar-refractivity contribution < 1.29 is 14.3 Å². The number of alkyl halides is 1. The van der Waals surface area contributed by atoms with E-state index in [1.165, 1.54) is 7.11 Å². The predicted molar refractivity (Wildman–Crippen MR) is 82.3 cm³/mol. The van der Waals surface area contributed by atoms with E-state index in [0.29, 0.717) is 0 Å². The van der Waals surface area contributed by atoms with E-state index in [4.69, 9.17) is 11.6 Å². The summed E-state index contributed by atoms with van der Waals surface area (Å²) in [5.74, 6) is -0.733. The second-order valence-corrected chi connectivity index (χ2v) is 5.14. The van der Waals surface area contributed by atoms with E-state index in [1.807, 2.05) is 42.5 Å². The van der Waals surface area contributed by atoms with Crippen molar-refractivity contribution in [3.05, 3.63) is 48.0 Å². The van der Waals surface area contributed by atoms with Crippen LogP contribution in [0.3, 0.4) is 0 Å². The first-order valence-electron chi connectivity index (χ1n) is 6.57. The van der Waals surface area contributed by atoms with Gasteiger partial charge in [0.15, 0.2) is 0 Å². The largest absolute Gasteiger partial charge is 0.468 e. The summed E-state index contributed by atoms with van der Waals surface area (Å²) in [6, 6.07) is 13.7. The summed E-state index contributed by atoms with van der Waals surface area (Å²) in [5, 5.41) is 3.91. The van der Waals surface area contributed by atoms with Gasteiger partial charge in [-0.15, -0.1) is 11.6 Å². The second kappa shape index (κ2) is 7.09. The van der Waals surface area contributed by atoms with Crippen LogP contribution in [0.1, 0.15) is 5.56 Å². The van der Waals surface area contributed by atoms with E-state index in [1.54, 1.807) is 0 Å². The molecule has 0 saturated heterocycles. The van der Waals surface area contributed by atoms with Gasteiger partial charge < -0.3 is 10.1 Å². The molecule has 1 N–H and O–H groups in total. The van der Waals surface area contributed by atoms with Gasteiger partial charge >= 0.3 is 5.97 Å². The van der Waals surface area contributed by atoms with Crippen molar-refractivity contribution in [2.45, 2.75) is 11.8 Å². The van der Waals surface area contributed by atoms with Crippen molar-refractivity contribution in [3.8, 4) is 0 Å². The number of benzene rings is 2. The lowest BCUT2D eigenvalue weighted by atomic mass is 10.0. The smallest absolute Gasteiger partial charge is 0.325 e. The molecule has 0 bridgehead atoms. The fourth-order valence-corrected chi connectivity index (χ4v) is 2.26. The Morgan fingerprint density at radius 1 is 1.19 bits per heavy atom. The van der Waals surface area contributed by atoms with Gasteiger partial charge in [-0.1, -0.05) is 42.5 Å². The number of hydrogen-bond acceptors (Lipinski definition) is 3. The van der Waals surface area contributed by atoms with Gasteiger partial charge in [0.25, 0.3) is 0 Å². The van der Waals surface area contributed by atoms with Crippen LogP contribution in [0, 0.1) is 0 Å². The van der Waals surface area contributed by atoms with Crippen molar-refractivity contribution in [3.63, 3.8) is 0 Å². The van der Waals surface area contributed by atoms with E-state index in [2.05, 4.69) is 10.1 Å². The van der Waals surface area contributed by atoms with Crippen LogP contribution in [-0.2, 0) is 20.7 Å². The number of nitrogens with one attached hydrogen (secondary N) is 1. The van der Waals surface area contributed by atoms with Crippen molar-refractivity contribution in [2.24, 2.45) is 0 Å². The third-order valence-electron chi connectivity index (χ3n) is 3.17. The molecule has 21 heavy (non-hydrogen) atoms. The lowest BCUT2D eigenvalue weighted by molar-refractivity contribution is -0.140. The maximum atomic E-state index is 11.9. The number of ether oxygens (including phenoxy) is 1. The maximum Gasteiger partial charge on any atom is 0.325 e. The average Bonchev–Trinajstić information content (AvgIpc) is 2.52. The van der Waals surface area contributed by atoms with E-state index < -0.39 is 11.3 Å². The summed E-state index contributed by atoms with van der Waals surface area (Å²) < 4.78 is 4.50. The normalized spacial score (nSPS) is 11.9. The Morgan fingerprint density at radius 3 is 2.67 bits per heavy atom. The molecular weight excluding hydrogens is 290 g/mol. The van der Waals surface area contributed by atoms with Crippen molar-refractivity contribution in [2.75, 3.05) is 13.7 Å². The zero-order chi connectivity index (χ0) is 15.2. The molecule has 0 radical (unpaired) electrons. The standard InChI is InChI=1S/C16H16ClNO3/c1-21-16(20)14(17)10-18-15(19)9-12-7-4-6-11-5-2-3-8-13(11)12/h2-8,14H,9-10H2,1H3,(H,18,19). The molecule has 5 heteroatoms. The Hall–Kier alpha value is -2.07. The first-order chi connectivity index (χ1) is 10.1. The second-order valence-electron chi connectivity index (χ2n) is 4.61. The van der Waals surface area contributed by atoms with E-state index in [-0.39, 0.29) is 18.9 Å². The third kappa shape index (κ3) is 3.95. The summed E-state index contributed by atoms with van der Waals surface area (Å²) in [4.78, 5) is 23.1. The highest BCUT2D eigenvalue weighted by atomic mass is 35.5. The summed E-state index contributed by atoms with van der Waals surface area (Å²) in [7, 11) is 1.26. The highest BCUT2D eigenvalue weighted by molar-refractivity contribution is 6.30. The monoisotopic (exact) mass is 305 g/mol. The first-order valence-corrected chi connectivity index (χ1v) is 7.00. The minimum Gasteiger partial charge on any atom is -0.468 e. The Morgan fingerprint density at radius 2 is 1.90 bits per heavy atom. The molecule has 2 aromatic carbocycles. The molecule has 0 aliphatic heterocycles. The molecule has 1 atom stereocenters. The van der Waals surface area contributed by atoms with Crippen LogP contribution in [0.4, 0.5) is 0 Å². The Balaban J connectivity index is 2.00. The van der Waals surface area contributed by atoms with E-state index in [0.717, 1.165) is 16.3 Å². The fraction of sp³-hybridized carbons (Fsp3) is 0.250. The predicted octanol–water partition coefficient (Wildman–Crippen LogP) is 2.28. The number of methoxy groups -OCH3 is 1. The quantitative estimate of drug-likeness (QED) is 0.681. The molecule has 0 saturated carbocycles. The molecule has 110 valence electrons. The van der Waals surface area contributed by atoms with Crippen LogP contribution in [-0.4, -0.2) is 30.9 Å². The van der Waals surface area contributed by atoms with Crippen LogP contribution in [0.5, 0.6) is 0 Å².